The summed E-state index contributed by atoms with van der Waals surface area (Å²) in [5.41, 5.74) is 0. The van der Waals surface area contributed by atoms with Crippen molar-refractivity contribution >= 4 is 18.3 Å². The van der Waals surface area contributed by atoms with Gasteiger partial charge in [-0.15, -0.1) is 12.4 Å². The van der Waals surface area contributed by atoms with Gasteiger partial charge in [-0.3, -0.25) is 4.79 Å². The van der Waals surface area contributed by atoms with E-state index in [-0.39, 0.29) is 30.5 Å². The van der Waals surface area contributed by atoms with Crippen LogP contribution in [-0.4, -0.2) is 51.0 Å². The Kier molecular flexibility index (Phi) is 6.05. The molecule has 94 valence electrons. The maximum absolute atomic E-state index is 11.6. The first kappa shape index (κ1) is 13.7. The van der Waals surface area contributed by atoms with Crippen molar-refractivity contribution < 1.29 is 14.3 Å². The molecule has 0 aliphatic carbocycles. The van der Waals surface area contributed by atoms with Crippen LogP contribution in [0.25, 0.3) is 0 Å². The molecular formula is C10H19ClN2O3. The quantitative estimate of drug-likeness (QED) is 0.722. The molecule has 2 fully saturated rings. The SMILES string of the molecule is Cl.O=C(NCC1CCCO1)C1COCCN1. The molecule has 0 saturated carbocycles. The van der Waals surface area contributed by atoms with Crippen molar-refractivity contribution in [1.29, 1.82) is 0 Å². The Morgan fingerprint density at radius 3 is 2.94 bits per heavy atom. The molecule has 1 amide bonds. The number of ether oxygens (including phenoxy) is 2. The van der Waals surface area contributed by atoms with Crippen molar-refractivity contribution in [1.82, 2.24) is 10.6 Å². The van der Waals surface area contributed by atoms with Gasteiger partial charge in [0.25, 0.3) is 0 Å². The number of hydrogen-bond donors (Lipinski definition) is 2. The molecule has 0 aromatic carbocycles. The van der Waals surface area contributed by atoms with Crippen LogP contribution in [0, 0.1) is 0 Å². The van der Waals surface area contributed by atoms with Crippen LogP contribution in [0.1, 0.15) is 12.8 Å². The summed E-state index contributed by atoms with van der Waals surface area (Å²) in [7, 11) is 0. The smallest absolute Gasteiger partial charge is 0.239 e. The third-order valence-corrected chi connectivity index (χ3v) is 2.77. The van der Waals surface area contributed by atoms with E-state index >= 15 is 0 Å². The molecule has 0 radical (unpaired) electrons. The molecule has 2 heterocycles. The predicted octanol–water partition coefficient (Wildman–Crippen LogP) is -0.308. The summed E-state index contributed by atoms with van der Waals surface area (Å²) in [4.78, 5) is 11.6. The second-order valence-electron chi connectivity index (χ2n) is 3.96. The predicted molar refractivity (Wildman–Crippen MR) is 61.8 cm³/mol. The summed E-state index contributed by atoms with van der Waals surface area (Å²) in [5, 5.41) is 6.00. The average Bonchev–Trinajstić information content (AvgIpc) is 2.80. The van der Waals surface area contributed by atoms with Gasteiger partial charge < -0.3 is 20.1 Å². The fourth-order valence-electron chi connectivity index (χ4n) is 1.88. The zero-order valence-corrected chi connectivity index (χ0v) is 10.1. The van der Waals surface area contributed by atoms with Crippen LogP contribution < -0.4 is 10.6 Å². The number of amides is 1. The van der Waals surface area contributed by atoms with E-state index in [1.54, 1.807) is 0 Å². The average molecular weight is 251 g/mol. The number of rotatable bonds is 3. The molecule has 0 aromatic rings. The number of nitrogens with one attached hydrogen (secondary N) is 2. The lowest BCUT2D eigenvalue weighted by Gasteiger charge is -2.23. The number of halogens is 1. The van der Waals surface area contributed by atoms with Gasteiger partial charge in [0, 0.05) is 19.7 Å². The van der Waals surface area contributed by atoms with Gasteiger partial charge in [0.1, 0.15) is 6.04 Å². The Bertz CT molecular complexity index is 216. The van der Waals surface area contributed by atoms with Crippen LogP contribution in [-0.2, 0) is 14.3 Å². The fraction of sp³-hybridized carbons (Fsp3) is 0.900. The van der Waals surface area contributed by atoms with Gasteiger partial charge in [0.05, 0.1) is 19.3 Å². The van der Waals surface area contributed by atoms with E-state index < -0.39 is 0 Å². The van der Waals surface area contributed by atoms with E-state index in [1.807, 2.05) is 0 Å². The highest BCUT2D eigenvalue weighted by Crippen LogP contribution is 2.10. The summed E-state index contributed by atoms with van der Waals surface area (Å²) in [6.07, 6.45) is 2.36. The van der Waals surface area contributed by atoms with E-state index in [9.17, 15) is 4.79 Å². The maximum atomic E-state index is 11.6. The number of hydrogen-bond acceptors (Lipinski definition) is 4. The zero-order chi connectivity index (χ0) is 10.5. The van der Waals surface area contributed by atoms with Crippen LogP contribution in [0.3, 0.4) is 0 Å². The molecule has 2 atom stereocenters. The van der Waals surface area contributed by atoms with Crippen molar-refractivity contribution in [3.8, 4) is 0 Å². The molecule has 2 rings (SSSR count). The highest BCUT2D eigenvalue weighted by atomic mass is 35.5. The largest absolute Gasteiger partial charge is 0.378 e. The molecule has 0 aromatic heterocycles. The van der Waals surface area contributed by atoms with Gasteiger partial charge in [0.2, 0.25) is 5.91 Å². The molecule has 6 heteroatoms. The molecular weight excluding hydrogens is 232 g/mol. The van der Waals surface area contributed by atoms with Gasteiger partial charge in [-0.1, -0.05) is 0 Å². The Balaban J connectivity index is 0.00000128. The van der Waals surface area contributed by atoms with Gasteiger partial charge in [-0.05, 0) is 12.8 Å². The minimum Gasteiger partial charge on any atom is -0.378 e. The molecule has 0 bridgehead atoms. The van der Waals surface area contributed by atoms with E-state index in [2.05, 4.69) is 10.6 Å². The fourth-order valence-corrected chi connectivity index (χ4v) is 1.88. The summed E-state index contributed by atoms with van der Waals surface area (Å²) in [6.45, 7) is 3.35. The second kappa shape index (κ2) is 7.06. The molecule has 2 aliphatic rings. The first-order valence-corrected chi connectivity index (χ1v) is 5.57. The van der Waals surface area contributed by atoms with Crippen molar-refractivity contribution in [3.63, 3.8) is 0 Å². The first-order chi connectivity index (χ1) is 7.36. The topological polar surface area (TPSA) is 59.6 Å². The van der Waals surface area contributed by atoms with Crippen molar-refractivity contribution in [2.45, 2.75) is 25.0 Å². The summed E-state index contributed by atoms with van der Waals surface area (Å²) in [5.74, 6) is 0.0187. The standard InChI is InChI=1S/C10H18N2O3.ClH/c13-10(9-7-14-5-3-11-9)12-6-8-2-1-4-15-8;/h8-9,11H,1-7H2,(H,12,13);1H. The Labute approximate surface area is 102 Å². The van der Waals surface area contributed by atoms with Crippen molar-refractivity contribution in [3.05, 3.63) is 0 Å². The third-order valence-electron chi connectivity index (χ3n) is 2.77. The molecule has 16 heavy (non-hydrogen) atoms. The third kappa shape index (κ3) is 3.90. The first-order valence-electron chi connectivity index (χ1n) is 5.57. The highest BCUT2D eigenvalue weighted by molar-refractivity contribution is 5.85. The lowest BCUT2D eigenvalue weighted by molar-refractivity contribution is -0.126. The van der Waals surface area contributed by atoms with Gasteiger partial charge in [-0.2, -0.15) is 0 Å². The summed E-state index contributed by atoms with van der Waals surface area (Å²) < 4.78 is 10.6. The van der Waals surface area contributed by atoms with Crippen LogP contribution in [0.4, 0.5) is 0 Å². The van der Waals surface area contributed by atoms with Crippen LogP contribution in [0.2, 0.25) is 0 Å². The minimum absolute atomic E-state index is 0. The summed E-state index contributed by atoms with van der Waals surface area (Å²) >= 11 is 0. The number of morpholine rings is 1. The molecule has 2 N–H and O–H groups in total. The minimum atomic E-state index is -0.194. The second-order valence-corrected chi connectivity index (χ2v) is 3.96. The van der Waals surface area contributed by atoms with Crippen LogP contribution in [0.5, 0.6) is 0 Å². The molecule has 2 saturated heterocycles. The van der Waals surface area contributed by atoms with Gasteiger partial charge in [-0.25, -0.2) is 0 Å². The summed E-state index contributed by atoms with van der Waals surface area (Å²) in [6, 6.07) is -0.194. The monoisotopic (exact) mass is 250 g/mol. The highest BCUT2D eigenvalue weighted by Gasteiger charge is 2.22. The molecule has 2 unspecified atom stereocenters. The van der Waals surface area contributed by atoms with Gasteiger partial charge in [0.15, 0.2) is 0 Å². The van der Waals surface area contributed by atoms with Crippen LogP contribution >= 0.6 is 12.4 Å². The number of carbonyl (C=O) groups excluding carboxylic acids is 1. The molecule has 2 aliphatic heterocycles. The van der Waals surface area contributed by atoms with Gasteiger partial charge >= 0.3 is 0 Å². The molecule has 5 nitrogen and oxygen atoms in total. The lowest BCUT2D eigenvalue weighted by atomic mass is 10.2. The van der Waals surface area contributed by atoms with Crippen molar-refractivity contribution in [2.24, 2.45) is 0 Å². The Morgan fingerprint density at radius 2 is 2.31 bits per heavy atom. The van der Waals surface area contributed by atoms with Crippen LogP contribution in [0.15, 0.2) is 0 Å². The van der Waals surface area contributed by atoms with Crippen molar-refractivity contribution in [2.75, 3.05) is 32.9 Å². The maximum Gasteiger partial charge on any atom is 0.239 e. The van der Waals surface area contributed by atoms with E-state index in [0.717, 1.165) is 26.0 Å². The number of carbonyl (C=O) groups is 1. The normalized spacial score (nSPS) is 29.5. The Hall–Kier alpha value is -0.360. The van der Waals surface area contributed by atoms with E-state index in [1.165, 1.54) is 0 Å². The molecule has 0 spiro atoms. The Morgan fingerprint density at radius 1 is 1.44 bits per heavy atom. The van der Waals surface area contributed by atoms with E-state index in [0.29, 0.717) is 19.8 Å². The van der Waals surface area contributed by atoms with E-state index in [4.69, 9.17) is 9.47 Å². The lowest BCUT2D eigenvalue weighted by Crippen LogP contribution is -2.52. The zero-order valence-electron chi connectivity index (χ0n) is 9.24.